The van der Waals surface area contributed by atoms with Crippen LogP contribution in [-0.2, 0) is 17.6 Å². The van der Waals surface area contributed by atoms with Gasteiger partial charge in [0.1, 0.15) is 6.04 Å². The van der Waals surface area contributed by atoms with Crippen molar-refractivity contribution in [3.63, 3.8) is 0 Å². The Morgan fingerprint density at radius 3 is 2.23 bits per heavy atom. The van der Waals surface area contributed by atoms with Crippen LogP contribution >= 0.6 is 0 Å². The topological polar surface area (TPSA) is 55.1 Å². The highest BCUT2D eigenvalue weighted by molar-refractivity contribution is 5.82. The molecule has 0 spiro atoms. The third kappa shape index (κ3) is 4.43. The van der Waals surface area contributed by atoms with Crippen LogP contribution in [0.4, 0.5) is 0 Å². The van der Waals surface area contributed by atoms with Crippen LogP contribution in [0.2, 0.25) is 0 Å². The van der Waals surface area contributed by atoms with Crippen LogP contribution in [0, 0.1) is 6.92 Å². The number of nitrogens with two attached hydrogens (primary N) is 1. The van der Waals surface area contributed by atoms with E-state index in [0.29, 0.717) is 6.54 Å². The molecule has 0 fully saturated rings. The van der Waals surface area contributed by atoms with Gasteiger partial charge < -0.3 is 11.1 Å². The fraction of sp³-hybridized carbons (Fsp3) is 0.316. The molecule has 3 nitrogen and oxygen atoms in total. The standard InChI is InChI=1S/C19H24N2O/c1-3-15-6-8-16(9-7-15)12-13-21-19(22)18(20)17-10-4-14(2)5-11-17/h4-11,18H,3,12-13,20H2,1-2H3,(H,21,22). The lowest BCUT2D eigenvalue weighted by Crippen LogP contribution is -2.35. The van der Waals surface area contributed by atoms with Crippen LogP contribution in [0.5, 0.6) is 0 Å². The molecular formula is C19H24N2O. The van der Waals surface area contributed by atoms with E-state index in [2.05, 4.69) is 36.5 Å². The van der Waals surface area contributed by atoms with E-state index in [4.69, 9.17) is 5.73 Å². The molecule has 0 heterocycles. The first kappa shape index (κ1) is 16.2. The second-order valence-electron chi connectivity index (χ2n) is 5.60. The van der Waals surface area contributed by atoms with Crippen molar-refractivity contribution in [3.05, 3.63) is 70.8 Å². The molecular weight excluding hydrogens is 272 g/mol. The highest BCUT2D eigenvalue weighted by atomic mass is 16.2. The lowest BCUT2D eigenvalue weighted by molar-refractivity contribution is -0.122. The van der Waals surface area contributed by atoms with Crippen molar-refractivity contribution in [2.75, 3.05) is 6.54 Å². The van der Waals surface area contributed by atoms with Crippen LogP contribution in [0.15, 0.2) is 48.5 Å². The van der Waals surface area contributed by atoms with Crippen LogP contribution < -0.4 is 11.1 Å². The van der Waals surface area contributed by atoms with E-state index in [-0.39, 0.29) is 5.91 Å². The molecule has 0 bridgehead atoms. The van der Waals surface area contributed by atoms with E-state index in [0.717, 1.165) is 24.0 Å². The Labute approximate surface area is 132 Å². The monoisotopic (exact) mass is 296 g/mol. The highest BCUT2D eigenvalue weighted by Crippen LogP contribution is 2.11. The predicted molar refractivity (Wildman–Crippen MR) is 90.6 cm³/mol. The van der Waals surface area contributed by atoms with Gasteiger partial charge in [-0.1, -0.05) is 61.0 Å². The Bertz CT molecular complexity index is 602. The van der Waals surface area contributed by atoms with Crippen molar-refractivity contribution < 1.29 is 4.79 Å². The molecule has 0 saturated carbocycles. The maximum atomic E-state index is 12.1. The first-order valence-electron chi connectivity index (χ1n) is 7.78. The van der Waals surface area contributed by atoms with Gasteiger partial charge in [0.05, 0.1) is 0 Å². The molecule has 22 heavy (non-hydrogen) atoms. The molecule has 0 aliphatic heterocycles. The lowest BCUT2D eigenvalue weighted by atomic mass is 10.0. The zero-order chi connectivity index (χ0) is 15.9. The zero-order valence-electron chi connectivity index (χ0n) is 13.3. The van der Waals surface area contributed by atoms with Gasteiger partial charge in [0, 0.05) is 6.54 Å². The van der Waals surface area contributed by atoms with E-state index in [9.17, 15) is 4.79 Å². The van der Waals surface area contributed by atoms with Gasteiger partial charge in [0.15, 0.2) is 0 Å². The van der Waals surface area contributed by atoms with Crippen molar-refractivity contribution in [1.82, 2.24) is 5.32 Å². The van der Waals surface area contributed by atoms with E-state index in [1.54, 1.807) is 0 Å². The van der Waals surface area contributed by atoms with Gasteiger partial charge in [-0.15, -0.1) is 0 Å². The Kier molecular flexibility index (Phi) is 5.73. The molecule has 0 saturated heterocycles. The molecule has 2 rings (SSSR count). The van der Waals surface area contributed by atoms with Gasteiger partial charge >= 0.3 is 0 Å². The number of aryl methyl sites for hydroxylation is 2. The molecule has 1 unspecified atom stereocenters. The number of nitrogens with one attached hydrogen (secondary N) is 1. The summed E-state index contributed by atoms with van der Waals surface area (Å²) in [5, 5.41) is 2.91. The second kappa shape index (κ2) is 7.76. The third-order valence-electron chi connectivity index (χ3n) is 3.86. The lowest BCUT2D eigenvalue weighted by Gasteiger charge is -2.13. The van der Waals surface area contributed by atoms with E-state index in [1.807, 2.05) is 31.2 Å². The first-order chi connectivity index (χ1) is 10.6. The maximum Gasteiger partial charge on any atom is 0.241 e. The van der Waals surface area contributed by atoms with Crippen LogP contribution in [-0.4, -0.2) is 12.5 Å². The van der Waals surface area contributed by atoms with Crippen molar-refractivity contribution >= 4 is 5.91 Å². The van der Waals surface area contributed by atoms with Gasteiger partial charge in [-0.3, -0.25) is 4.79 Å². The van der Waals surface area contributed by atoms with Crippen LogP contribution in [0.25, 0.3) is 0 Å². The maximum absolute atomic E-state index is 12.1. The minimum absolute atomic E-state index is 0.131. The second-order valence-corrected chi connectivity index (χ2v) is 5.60. The molecule has 116 valence electrons. The molecule has 0 aliphatic carbocycles. The summed E-state index contributed by atoms with van der Waals surface area (Å²) in [7, 11) is 0. The van der Waals surface area contributed by atoms with Crippen LogP contribution in [0.1, 0.15) is 35.2 Å². The SMILES string of the molecule is CCc1ccc(CCNC(=O)C(N)c2ccc(C)cc2)cc1. The van der Waals surface area contributed by atoms with Gasteiger partial charge in [-0.25, -0.2) is 0 Å². The van der Waals surface area contributed by atoms with Crippen molar-refractivity contribution in [2.45, 2.75) is 32.7 Å². The van der Waals surface area contributed by atoms with Crippen LogP contribution in [0.3, 0.4) is 0 Å². The number of benzene rings is 2. The molecule has 2 aromatic rings. The fourth-order valence-electron chi connectivity index (χ4n) is 2.31. The summed E-state index contributed by atoms with van der Waals surface area (Å²) in [4.78, 5) is 12.1. The molecule has 0 radical (unpaired) electrons. The average Bonchev–Trinajstić information content (AvgIpc) is 2.55. The minimum atomic E-state index is -0.608. The van der Waals surface area contributed by atoms with E-state index in [1.165, 1.54) is 11.1 Å². The number of hydrogen-bond donors (Lipinski definition) is 2. The zero-order valence-corrected chi connectivity index (χ0v) is 13.3. The Hall–Kier alpha value is -2.13. The summed E-state index contributed by atoms with van der Waals surface area (Å²) in [6.07, 6.45) is 1.86. The third-order valence-corrected chi connectivity index (χ3v) is 3.86. The highest BCUT2D eigenvalue weighted by Gasteiger charge is 2.14. The summed E-state index contributed by atoms with van der Waals surface area (Å²) in [6.45, 7) is 4.75. The predicted octanol–water partition coefficient (Wildman–Crippen LogP) is 2.92. The van der Waals surface area contributed by atoms with Gasteiger partial charge in [-0.05, 0) is 36.5 Å². The summed E-state index contributed by atoms with van der Waals surface area (Å²) >= 11 is 0. The average molecular weight is 296 g/mol. The molecule has 3 heteroatoms. The molecule has 1 amide bonds. The molecule has 2 aromatic carbocycles. The number of carbonyl (C=O) groups excluding carboxylic acids is 1. The Morgan fingerprint density at radius 2 is 1.64 bits per heavy atom. The number of hydrogen-bond acceptors (Lipinski definition) is 2. The quantitative estimate of drug-likeness (QED) is 0.861. The normalized spacial score (nSPS) is 12.0. The Morgan fingerprint density at radius 1 is 1.05 bits per heavy atom. The summed E-state index contributed by atoms with van der Waals surface area (Å²) < 4.78 is 0. The van der Waals surface area contributed by atoms with Gasteiger partial charge in [-0.2, -0.15) is 0 Å². The molecule has 3 N–H and O–H groups in total. The van der Waals surface area contributed by atoms with Crippen molar-refractivity contribution in [1.29, 1.82) is 0 Å². The van der Waals surface area contributed by atoms with Crippen molar-refractivity contribution in [3.8, 4) is 0 Å². The van der Waals surface area contributed by atoms with E-state index < -0.39 is 6.04 Å². The van der Waals surface area contributed by atoms with Crippen molar-refractivity contribution in [2.24, 2.45) is 5.73 Å². The fourth-order valence-corrected chi connectivity index (χ4v) is 2.31. The smallest absolute Gasteiger partial charge is 0.241 e. The number of amides is 1. The van der Waals surface area contributed by atoms with Gasteiger partial charge in [0.25, 0.3) is 0 Å². The minimum Gasteiger partial charge on any atom is -0.354 e. The molecule has 0 aromatic heterocycles. The van der Waals surface area contributed by atoms with Gasteiger partial charge in [0.2, 0.25) is 5.91 Å². The number of rotatable bonds is 6. The summed E-state index contributed by atoms with van der Waals surface area (Å²) in [5.41, 5.74) is 10.5. The largest absolute Gasteiger partial charge is 0.354 e. The van der Waals surface area contributed by atoms with E-state index >= 15 is 0 Å². The molecule has 1 atom stereocenters. The Balaban J connectivity index is 1.82. The number of carbonyl (C=O) groups is 1. The summed E-state index contributed by atoms with van der Waals surface area (Å²) in [5.74, 6) is -0.131. The first-order valence-corrected chi connectivity index (χ1v) is 7.78. The molecule has 0 aliphatic rings. The summed E-state index contributed by atoms with van der Waals surface area (Å²) in [6, 6.07) is 15.6.